The number of amides is 2. The Morgan fingerprint density at radius 3 is 2.40 bits per heavy atom. The molecule has 0 aliphatic carbocycles. The third kappa shape index (κ3) is 5.43. The minimum absolute atomic E-state index is 0.173. The van der Waals surface area contributed by atoms with E-state index in [0.29, 0.717) is 6.42 Å². The van der Waals surface area contributed by atoms with E-state index in [2.05, 4.69) is 5.32 Å². The molecule has 2 aromatic rings. The Labute approximate surface area is 148 Å². The lowest BCUT2D eigenvalue weighted by Gasteiger charge is -2.17. The van der Waals surface area contributed by atoms with Crippen LogP contribution in [0.3, 0.4) is 0 Å². The van der Waals surface area contributed by atoms with Gasteiger partial charge in [-0.3, -0.25) is 14.8 Å². The van der Waals surface area contributed by atoms with E-state index < -0.39 is 11.9 Å². The van der Waals surface area contributed by atoms with Gasteiger partial charge in [0, 0.05) is 0 Å². The van der Waals surface area contributed by atoms with Gasteiger partial charge in [-0.1, -0.05) is 74.4 Å². The summed E-state index contributed by atoms with van der Waals surface area (Å²) in [6.07, 6.45) is 2.36. The number of hydrogen-bond donors (Lipinski definition) is 3. The highest BCUT2D eigenvalue weighted by Gasteiger charge is 2.20. The molecule has 25 heavy (non-hydrogen) atoms. The van der Waals surface area contributed by atoms with Gasteiger partial charge in [0.05, 0.1) is 6.42 Å². The Kier molecular flexibility index (Phi) is 7.16. The lowest BCUT2D eigenvalue weighted by Crippen LogP contribution is -2.46. The Hall–Kier alpha value is -2.66. The predicted molar refractivity (Wildman–Crippen MR) is 97.0 cm³/mol. The first-order chi connectivity index (χ1) is 12.2. The zero-order valence-corrected chi connectivity index (χ0v) is 14.4. The van der Waals surface area contributed by atoms with E-state index >= 15 is 0 Å². The molecule has 132 valence electrons. The minimum atomic E-state index is -0.721. The summed E-state index contributed by atoms with van der Waals surface area (Å²) < 4.78 is 0. The highest BCUT2D eigenvalue weighted by atomic mass is 16.5. The molecule has 0 heterocycles. The van der Waals surface area contributed by atoms with Gasteiger partial charge in [0.25, 0.3) is 5.91 Å². The molecule has 5 nitrogen and oxygen atoms in total. The third-order valence-corrected chi connectivity index (χ3v) is 4.06. The van der Waals surface area contributed by atoms with E-state index in [4.69, 9.17) is 5.21 Å². The second-order valence-corrected chi connectivity index (χ2v) is 5.94. The molecule has 1 atom stereocenters. The highest BCUT2D eigenvalue weighted by molar-refractivity contribution is 5.88. The molecule has 0 fully saturated rings. The smallest absolute Gasteiger partial charge is 0.265 e. The number of nitrogens with one attached hydrogen (secondary N) is 2. The van der Waals surface area contributed by atoms with Gasteiger partial charge in [0.2, 0.25) is 5.91 Å². The molecule has 3 N–H and O–H groups in total. The van der Waals surface area contributed by atoms with Crippen LogP contribution in [0.4, 0.5) is 0 Å². The van der Waals surface area contributed by atoms with Crippen LogP contribution in [-0.4, -0.2) is 23.1 Å². The fourth-order valence-electron chi connectivity index (χ4n) is 2.75. The number of rotatable bonds is 8. The van der Waals surface area contributed by atoms with E-state index in [1.165, 1.54) is 0 Å². The van der Waals surface area contributed by atoms with Crippen LogP contribution in [0.5, 0.6) is 0 Å². The molecular formula is C20H24N2O3. The summed E-state index contributed by atoms with van der Waals surface area (Å²) in [6.45, 7) is 2.01. The van der Waals surface area contributed by atoms with Crippen LogP contribution >= 0.6 is 0 Å². The molecule has 0 bridgehead atoms. The van der Waals surface area contributed by atoms with Crippen molar-refractivity contribution < 1.29 is 14.8 Å². The first kappa shape index (κ1) is 18.7. The average Bonchev–Trinajstić information content (AvgIpc) is 2.65. The molecule has 2 aromatic carbocycles. The van der Waals surface area contributed by atoms with Gasteiger partial charge in [0.1, 0.15) is 6.04 Å². The number of unbranched alkanes of at least 4 members (excludes halogenated alkanes) is 1. The van der Waals surface area contributed by atoms with Crippen LogP contribution in [0, 0.1) is 0 Å². The molecule has 2 rings (SSSR count). The SMILES string of the molecule is CCCCC(NC(=O)Cc1ccccc1-c1ccccc1)C(=O)NO. The Morgan fingerprint density at radius 1 is 1.04 bits per heavy atom. The predicted octanol–water partition coefficient (Wildman–Crippen LogP) is 3.08. The number of carbonyl (C=O) groups is 2. The van der Waals surface area contributed by atoms with E-state index in [0.717, 1.165) is 29.5 Å². The maximum atomic E-state index is 12.4. The molecular weight excluding hydrogens is 316 g/mol. The van der Waals surface area contributed by atoms with Crippen LogP contribution in [0.2, 0.25) is 0 Å². The van der Waals surface area contributed by atoms with Crippen molar-refractivity contribution >= 4 is 11.8 Å². The Bertz CT molecular complexity index is 701. The number of hydroxylamine groups is 1. The lowest BCUT2D eigenvalue weighted by atomic mass is 9.97. The highest BCUT2D eigenvalue weighted by Crippen LogP contribution is 2.23. The molecule has 2 amide bonds. The quantitative estimate of drug-likeness (QED) is 0.510. The topological polar surface area (TPSA) is 78.4 Å². The Balaban J connectivity index is 2.11. The molecule has 1 unspecified atom stereocenters. The largest absolute Gasteiger partial charge is 0.344 e. The fraction of sp³-hybridized carbons (Fsp3) is 0.300. The van der Waals surface area contributed by atoms with Gasteiger partial charge in [-0.15, -0.1) is 0 Å². The molecule has 0 radical (unpaired) electrons. The van der Waals surface area contributed by atoms with Crippen molar-refractivity contribution in [3.8, 4) is 11.1 Å². The van der Waals surface area contributed by atoms with Crippen molar-refractivity contribution in [1.29, 1.82) is 0 Å². The number of benzene rings is 2. The second kappa shape index (κ2) is 9.59. The van der Waals surface area contributed by atoms with Crippen LogP contribution in [0.1, 0.15) is 31.7 Å². The standard InChI is InChI=1S/C20H24N2O3/c1-2-3-13-18(20(24)22-25)21-19(23)14-16-11-7-8-12-17(16)15-9-5-4-6-10-15/h4-12,18,25H,2-3,13-14H2,1H3,(H,21,23)(H,22,24). The monoisotopic (exact) mass is 340 g/mol. The molecule has 0 aliphatic heterocycles. The normalized spacial score (nSPS) is 11.6. The lowest BCUT2D eigenvalue weighted by molar-refractivity contribution is -0.134. The summed E-state index contributed by atoms with van der Waals surface area (Å²) in [5.74, 6) is -0.828. The minimum Gasteiger partial charge on any atom is -0.344 e. The summed E-state index contributed by atoms with van der Waals surface area (Å²) >= 11 is 0. The van der Waals surface area contributed by atoms with Crippen LogP contribution < -0.4 is 10.8 Å². The van der Waals surface area contributed by atoms with Crippen LogP contribution in [0.15, 0.2) is 54.6 Å². The van der Waals surface area contributed by atoms with Crippen molar-refractivity contribution in [3.63, 3.8) is 0 Å². The maximum Gasteiger partial charge on any atom is 0.265 e. The number of carbonyl (C=O) groups excluding carboxylic acids is 2. The zero-order chi connectivity index (χ0) is 18.1. The van der Waals surface area contributed by atoms with E-state index in [-0.39, 0.29) is 12.3 Å². The summed E-state index contributed by atoms with van der Waals surface area (Å²) in [4.78, 5) is 24.1. The van der Waals surface area contributed by atoms with Gasteiger partial charge in [-0.2, -0.15) is 0 Å². The zero-order valence-electron chi connectivity index (χ0n) is 14.4. The van der Waals surface area contributed by atoms with Gasteiger partial charge in [-0.05, 0) is 23.1 Å². The van der Waals surface area contributed by atoms with Crippen molar-refractivity contribution in [1.82, 2.24) is 10.8 Å². The van der Waals surface area contributed by atoms with Gasteiger partial charge < -0.3 is 5.32 Å². The molecule has 0 saturated carbocycles. The summed E-state index contributed by atoms with van der Waals surface area (Å²) in [7, 11) is 0. The maximum absolute atomic E-state index is 12.4. The van der Waals surface area contributed by atoms with Crippen molar-refractivity contribution in [3.05, 3.63) is 60.2 Å². The van der Waals surface area contributed by atoms with E-state index in [9.17, 15) is 9.59 Å². The van der Waals surface area contributed by atoms with E-state index in [1.807, 2.05) is 61.5 Å². The number of hydrogen-bond acceptors (Lipinski definition) is 3. The fourth-order valence-corrected chi connectivity index (χ4v) is 2.75. The molecule has 0 aliphatic rings. The first-order valence-corrected chi connectivity index (χ1v) is 8.52. The molecule has 0 aromatic heterocycles. The van der Waals surface area contributed by atoms with Crippen molar-refractivity contribution in [2.75, 3.05) is 0 Å². The van der Waals surface area contributed by atoms with Gasteiger partial charge >= 0.3 is 0 Å². The second-order valence-electron chi connectivity index (χ2n) is 5.94. The summed E-state index contributed by atoms with van der Waals surface area (Å²) in [6, 6.07) is 16.9. The van der Waals surface area contributed by atoms with Crippen LogP contribution in [0.25, 0.3) is 11.1 Å². The van der Waals surface area contributed by atoms with Crippen molar-refractivity contribution in [2.45, 2.75) is 38.6 Å². The van der Waals surface area contributed by atoms with Crippen molar-refractivity contribution in [2.24, 2.45) is 0 Å². The first-order valence-electron chi connectivity index (χ1n) is 8.52. The van der Waals surface area contributed by atoms with Gasteiger partial charge in [0.15, 0.2) is 0 Å². The third-order valence-electron chi connectivity index (χ3n) is 4.06. The summed E-state index contributed by atoms with van der Waals surface area (Å²) in [5.41, 5.74) is 4.56. The molecule has 0 saturated heterocycles. The average molecular weight is 340 g/mol. The van der Waals surface area contributed by atoms with Crippen LogP contribution in [-0.2, 0) is 16.0 Å². The summed E-state index contributed by atoms with van der Waals surface area (Å²) in [5, 5.41) is 11.6. The van der Waals surface area contributed by atoms with E-state index in [1.54, 1.807) is 5.48 Å². The Morgan fingerprint density at radius 2 is 1.72 bits per heavy atom. The molecule has 0 spiro atoms. The molecule has 5 heteroatoms. The van der Waals surface area contributed by atoms with Gasteiger partial charge in [-0.25, -0.2) is 5.48 Å².